The van der Waals surface area contributed by atoms with E-state index in [2.05, 4.69) is 5.32 Å². The molecule has 2 aliphatic heterocycles. The number of rotatable bonds is 0. The Morgan fingerprint density at radius 1 is 1.43 bits per heavy atom. The van der Waals surface area contributed by atoms with Gasteiger partial charge in [0.15, 0.2) is 0 Å². The summed E-state index contributed by atoms with van der Waals surface area (Å²) in [6, 6.07) is 0. The molecule has 0 aliphatic carbocycles. The smallest absolute Gasteiger partial charge is 0.273 e. The van der Waals surface area contributed by atoms with Gasteiger partial charge < -0.3 is 10.2 Å². The number of nitrogens with one attached hydrogen (secondary N) is 1. The molecule has 1 amide bonds. The third-order valence-corrected chi connectivity index (χ3v) is 3.35. The normalized spacial score (nSPS) is 35.5. The topological polar surface area (TPSA) is 32.3 Å². The van der Waals surface area contributed by atoms with Crippen LogP contribution in [0.5, 0.6) is 0 Å². The third kappa shape index (κ3) is 1.22. The Hall–Kier alpha value is -0.710. The first-order valence-corrected chi connectivity index (χ1v) is 4.81. The van der Waals surface area contributed by atoms with E-state index >= 15 is 0 Å². The highest BCUT2D eigenvalue weighted by Crippen LogP contribution is 2.47. The van der Waals surface area contributed by atoms with E-state index < -0.39 is 17.9 Å². The quantitative estimate of drug-likeness (QED) is 0.622. The fourth-order valence-corrected chi connectivity index (χ4v) is 2.36. The number of carbonyl (C=O) groups excluding carboxylic acids is 1. The van der Waals surface area contributed by atoms with Crippen molar-refractivity contribution in [3.8, 4) is 0 Å². The molecule has 2 aliphatic rings. The molecule has 0 aromatic heterocycles. The lowest BCUT2D eigenvalue weighted by atomic mass is 9.83. The molecule has 0 aromatic carbocycles. The molecule has 80 valence electrons. The summed E-state index contributed by atoms with van der Waals surface area (Å²) >= 11 is 0. The molecule has 3 nitrogen and oxygen atoms in total. The zero-order valence-electron chi connectivity index (χ0n) is 8.15. The Kier molecular flexibility index (Phi) is 2.03. The maximum absolute atomic E-state index is 13.7. The summed E-state index contributed by atoms with van der Waals surface area (Å²) in [4.78, 5) is 12.3. The van der Waals surface area contributed by atoms with E-state index in [0.717, 1.165) is 0 Å². The van der Waals surface area contributed by atoms with Gasteiger partial charge in [-0.05, 0) is 13.0 Å². The molecule has 5 heteroatoms. The van der Waals surface area contributed by atoms with Crippen molar-refractivity contribution in [3.63, 3.8) is 0 Å². The Bertz CT molecular complexity index is 262. The second kappa shape index (κ2) is 2.89. The molecule has 2 fully saturated rings. The Labute approximate surface area is 81.4 Å². The number of likely N-dealkylation sites (tertiary alicyclic amines) is 1. The number of carbonyl (C=O) groups is 1. The van der Waals surface area contributed by atoms with Crippen molar-refractivity contribution in [3.05, 3.63) is 0 Å². The van der Waals surface area contributed by atoms with Gasteiger partial charge in [0, 0.05) is 20.0 Å². The number of alkyl halides is 2. The summed E-state index contributed by atoms with van der Waals surface area (Å²) in [7, 11) is 0. The summed E-state index contributed by atoms with van der Waals surface area (Å²) in [5.74, 6) is -2.99. The van der Waals surface area contributed by atoms with Crippen LogP contribution >= 0.6 is 0 Å². The van der Waals surface area contributed by atoms with Gasteiger partial charge in [-0.3, -0.25) is 4.79 Å². The third-order valence-electron chi connectivity index (χ3n) is 3.35. The average molecular weight is 204 g/mol. The number of amides is 1. The number of halogens is 2. The van der Waals surface area contributed by atoms with E-state index in [-0.39, 0.29) is 12.5 Å². The first-order chi connectivity index (χ1) is 6.47. The fourth-order valence-electron chi connectivity index (χ4n) is 2.36. The summed E-state index contributed by atoms with van der Waals surface area (Å²) < 4.78 is 27.4. The van der Waals surface area contributed by atoms with E-state index in [1.165, 1.54) is 11.8 Å². The second-order valence-electron chi connectivity index (χ2n) is 4.29. The Morgan fingerprint density at radius 3 is 2.57 bits per heavy atom. The largest absolute Gasteiger partial charge is 0.336 e. The first-order valence-electron chi connectivity index (χ1n) is 4.81. The highest BCUT2D eigenvalue weighted by atomic mass is 19.3. The standard InChI is InChI=1S/C9H14F2N2O/c1-7(14)13-5-8(2-3-12-4-8)9(10,11)6-13/h12H,2-6H2,1H3. The van der Waals surface area contributed by atoms with Gasteiger partial charge in [0.25, 0.3) is 5.92 Å². The highest BCUT2D eigenvalue weighted by molar-refractivity contribution is 5.73. The van der Waals surface area contributed by atoms with Crippen molar-refractivity contribution >= 4 is 5.91 Å². The van der Waals surface area contributed by atoms with E-state index in [1.807, 2.05) is 0 Å². The molecule has 1 unspecified atom stereocenters. The number of hydrogen-bond acceptors (Lipinski definition) is 2. The summed E-state index contributed by atoms with van der Waals surface area (Å²) in [5.41, 5.74) is -1.00. The molecule has 0 saturated carbocycles. The van der Waals surface area contributed by atoms with Crippen LogP contribution in [0.4, 0.5) is 8.78 Å². The minimum absolute atomic E-state index is 0.197. The van der Waals surface area contributed by atoms with Gasteiger partial charge in [0.2, 0.25) is 5.91 Å². The molecule has 2 heterocycles. The van der Waals surface area contributed by atoms with Gasteiger partial charge in [0.1, 0.15) is 0 Å². The minimum Gasteiger partial charge on any atom is -0.336 e. The van der Waals surface area contributed by atoms with Gasteiger partial charge in [-0.2, -0.15) is 0 Å². The van der Waals surface area contributed by atoms with E-state index in [4.69, 9.17) is 0 Å². The zero-order chi connectivity index (χ0) is 10.4. The van der Waals surface area contributed by atoms with Gasteiger partial charge >= 0.3 is 0 Å². The van der Waals surface area contributed by atoms with E-state index in [1.54, 1.807) is 0 Å². The monoisotopic (exact) mass is 204 g/mol. The summed E-state index contributed by atoms with van der Waals surface area (Å²) in [6.07, 6.45) is 0.462. The maximum atomic E-state index is 13.7. The van der Waals surface area contributed by atoms with E-state index in [0.29, 0.717) is 19.5 Å². The predicted octanol–water partition coefficient (Wildman–Crippen LogP) is 0.464. The molecule has 14 heavy (non-hydrogen) atoms. The lowest BCUT2D eigenvalue weighted by molar-refractivity contribution is -0.129. The van der Waals surface area contributed by atoms with Crippen LogP contribution in [0.15, 0.2) is 0 Å². The van der Waals surface area contributed by atoms with Gasteiger partial charge in [-0.25, -0.2) is 8.78 Å². The Morgan fingerprint density at radius 2 is 2.14 bits per heavy atom. The van der Waals surface area contributed by atoms with Crippen molar-refractivity contribution in [1.29, 1.82) is 0 Å². The van der Waals surface area contributed by atoms with Crippen LogP contribution in [0.25, 0.3) is 0 Å². The van der Waals surface area contributed by atoms with Crippen molar-refractivity contribution in [2.75, 3.05) is 26.2 Å². The first kappa shape index (κ1) is 9.83. The Balaban J connectivity index is 2.22. The number of nitrogens with zero attached hydrogens (tertiary/aromatic N) is 1. The minimum atomic E-state index is -2.73. The summed E-state index contributed by atoms with van der Waals surface area (Å²) in [5, 5.41) is 2.95. The molecule has 0 bridgehead atoms. The summed E-state index contributed by atoms with van der Waals surface area (Å²) in [6.45, 7) is 2.08. The van der Waals surface area contributed by atoms with Crippen molar-refractivity contribution in [2.24, 2.45) is 5.41 Å². The highest BCUT2D eigenvalue weighted by Gasteiger charge is 2.61. The molecule has 1 spiro atoms. The number of hydrogen-bond donors (Lipinski definition) is 1. The van der Waals surface area contributed by atoms with Crippen LogP contribution in [0.2, 0.25) is 0 Å². The maximum Gasteiger partial charge on any atom is 0.273 e. The molecule has 1 N–H and O–H groups in total. The van der Waals surface area contributed by atoms with Crippen molar-refractivity contribution < 1.29 is 13.6 Å². The molecule has 2 saturated heterocycles. The van der Waals surface area contributed by atoms with Crippen LogP contribution in [-0.4, -0.2) is 42.9 Å². The van der Waals surface area contributed by atoms with Gasteiger partial charge in [0.05, 0.1) is 12.0 Å². The SMILES string of the molecule is CC(=O)N1CC(F)(F)C2(CCNC2)C1. The molecule has 0 aromatic rings. The van der Waals surface area contributed by atoms with Crippen LogP contribution < -0.4 is 5.32 Å². The molecular weight excluding hydrogens is 190 g/mol. The van der Waals surface area contributed by atoms with Crippen molar-refractivity contribution in [2.45, 2.75) is 19.3 Å². The average Bonchev–Trinajstić information content (AvgIpc) is 2.60. The molecule has 2 rings (SSSR count). The van der Waals surface area contributed by atoms with Gasteiger partial charge in [-0.15, -0.1) is 0 Å². The van der Waals surface area contributed by atoms with Crippen LogP contribution in [0.3, 0.4) is 0 Å². The fraction of sp³-hybridized carbons (Fsp3) is 0.889. The van der Waals surface area contributed by atoms with Crippen LogP contribution in [0.1, 0.15) is 13.3 Å². The molecule has 1 atom stereocenters. The van der Waals surface area contributed by atoms with Gasteiger partial charge in [-0.1, -0.05) is 0 Å². The zero-order valence-corrected chi connectivity index (χ0v) is 8.15. The lowest BCUT2D eigenvalue weighted by Crippen LogP contribution is -2.41. The van der Waals surface area contributed by atoms with Crippen LogP contribution in [0, 0.1) is 5.41 Å². The van der Waals surface area contributed by atoms with E-state index in [9.17, 15) is 13.6 Å². The molecular formula is C9H14F2N2O. The molecule has 0 radical (unpaired) electrons. The van der Waals surface area contributed by atoms with Crippen LogP contribution in [-0.2, 0) is 4.79 Å². The van der Waals surface area contributed by atoms with Crippen molar-refractivity contribution in [1.82, 2.24) is 10.2 Å². The lowest BCUT2D eigenvalue weighted by Gasteiger charge is -2.27. The second-order valence-corrected chi connectivity index (χ2v) is 4.29. The predicted molar refractivity (Wildman–Crippen MR) is 47.1 cm³/mol.